The number of rotatable bonds is 5. The third-order valence-corrected chi connectivity index (χ3v) is 4.53. The number of carbonyl (C=O) groups is 1. The molecule has 2 aliphatic heterocycles. The Hall–Kier alpha value is -0.890. The lowest BCUT2D eigenvalue weighted by Crippen LogP contribution is -2.50. The molecule has 0 spiro atoms. The van der Waals surface area contributed by atoms with Crippen molar-refractivity contribution in [3.05, 3.63) is 35.9 Å². The van der Waals surface area contributed by atoms with Gasteiger partial charge in [0.15, 0.2) is 0 Å². The molecule has 2 saturated heterocycles. The van der Waals surface area contributed by atoms with Crippen molar-refractivity contribution >= 4 is 30.7 Å². The fourth-order valence-corrected chi connectivity index (χ4v) is 3.12. The molecule has 8 heteroatoms. The molecule has 0 aromatic heterocycles. The summed E-state index contributed by atoms with van der Waals surface area (Å²) in [6.45, 7) is 4.68. The van der Waals surface area contributed by atoms with Crippen LogP contribution < -0.4 is 10.6 Å². The van der Waals surface area contributed by atoms with Crippen LogP contribution in [0.2, 0.25) is 0 Å². The second-order valence-corrected chi connectivity index (χ2v) is 6.31. The van der Waals surface area contributed by atoms with E-state index in [0.717, 1.165) is 19.6 Å². The van der Waals surface area contributed by atoms with Crippen molar-refractivity contribution in [1.29, 1.82) is 0 Å². The van der Waals surface area contributed by atoms with Crippen LogP contribution in [-0.2, 0) is 16.1 Å². The highest BCUT2D eigenvalue weighted by molar-refractivity contribution is 5.85. The Balaban J connectivity index is 0.00000156. The Morgan fingerprint density at radius 1 is 1.28 bits per heavy atom. The van der Waals surface area contributed by atoms with Crippen LogP contribution in [0.3, 0.4) is 0 Å². The zero-order valence-electron chi connectivity index (χ0n) is 14.1. The maximum atomic E-state index is 12.3. The van der Waals surface area contributed by atoms with E-state index in [2.05, 4.69) is 27.7 Å². The number of nitrogens with zero attached hydrogens (tertiary/aromatic N) is 1. The fraction of sp³-hybridized carbons (Fsp3) is 0.588. The van der Waals surface area contributed by atoms with Crippen molar-refractivity contribution in [3.8, 4) is 0 Å². The highest BCUT2D eigenvalue weighted by Gasteiger charge is 2.29. The average molecular weight is 392 g/mol. The number of carbonyl (C=O) groups excluding carboxylic acids is 1. The van der Waals surface area contributed by atoms with Crippen LogP contribution in [0.4, 0.5) is 0 Å². The van der Waals surface area contributed by atoms with Crippen molar-refractivity contribution in [3.63, 3.8) is 0 Å². The van der Waals surface area contributed by atoms with Gasteiger partial charge in [0.1, 0.15) is 6.10 Å². The topological polar surface area (TPSA) is 73.8 Å². The van der Waals surface area contributed by atoms with Crippen LogP contribution in [-0.4, -0.2) is 67.5 Å². The zero-order valence-corrected chi connectivity index (χ0v) is 15.7. The molecule has 3 N–H and O–H groups in total. The van der Waals surface area contributed by atoms with Crippen molar-refractivity contribution in [2.75, 3.05) is 39.3 Å². The minimum atomic E-state index is -0.432. The SMILES string of the molecule is Cl.Cl.O=C(NCC1CNCC1O)C1CN(Cc2ccccc2)CCO1. The van der Waals surface area contributed by atoms with Gasteiger partial charge in [-0.3, -0.25) is 9.69 Å². The third kappa shape index (κ3) is 6.40. The lowest BCUT2D eigenvalue weighted by Gasteiger charge is -2.32. The van der Waals surface area contributed by atoms with Crippen LogP contribution in [0.1, 0.15) is 5.56 Å². The predicted octanol–water partition coefficient (Wildman–Crippen LogP) is 0.427. The van der Waals surface area contributed by atoms with Gasteiger partial charge in [-0.15, -0.1) is 24.8 Å². The summed E-state index contributed by atoms with van der Waals surface area (Å²) in [5.41, 5.74) is 1.24. The van der Waals surface area contributed by atoms with E-state index in [1.54, 1.807) is 0 Å². The van der Waals surface area contributed by atoms with Gasteiger partial charge in [-0.25, -0.2) is 0 Å². The van der Waals surface area contributed by atoms with Gasteiger partial charge in [-0.2, -0.15) is 0 Å². The molecule has 2 heterocycles. The van der Waals surface area contributed by atoms with Crippen LogP contribution in [0.5, 0.6) is 0 Å². The van der Waals surface area contributed by atoms with Crippen molar-refractivity contribution in [2.24, 2.45) is 5.92 Å². The molecule has 2 aliphatic rings. The molecular weight excluding hydrogens is 365 g/mol. The number of benzene rings is 1. The number of amides is 1. The summed E-state index contributed by atoms with van der Waals surface area (Å²) in [5.74, 6) is 0.00447. The summed E-state index contributed by atoms with van der Waals surface area (Å²) in [5, 5.41) is 15.8. The summed E-state index contributed by atoms with van der Waals surface area (Å²) in [7, 11) is 0. The molecule has 3 atom stereocenters. The first-order valence-corrected chi connectivity index (χ1v) is 8.27. The summed E-state index contributed by atoms with van der Waals surface area (Å²) < 4.78 is 5.62. The largest absolute Gasteiger partial charge is 0.391 e. The molecule has 3 rings (SSSR count). The fourth-order valence-electron chi connectivity index (χ4n) is 3.12. The number of β-amino-alcohol motifs (C(OH)–C–C–N with tert-alkyl or cyclic N) is 1. The molecule has 142 valence electrons. The van der Waals surface area contributed by atoms with Gasteiger partial charge in [0.05, 0.1) is 12.7 Å². The van der Waals surface area contributed by atoms with E-state index in [4.69, 9.17) is 4.74 Å². The van der Waals surface area contributed by atoms with Crippen LogP contribution >= 0.6 is 24.8 Å². The van der Waals surface area contributed by atoms with Gasteiger partial charge in [0.2, 0.25) is 5.91 Å². The molecule has 6 nitrogen and oxygen atoms in total. The molecule has 3 unspecified atom stereocenters. The highest BCUT2D eigenvalue weighted by Crippen LogP contribution is 2.11. The lowest BCUT2D eigenvalue weighted by atomic mass is 10.1. The number of halogens is 2. The van der Waals surface area contributed by atoms with E-state index in [0.29, 0.717) is 26.2 Å². The number of hydrogen-bond acceptors (Lipinski definition) is 5. The van der Waals surface area contributed by atoms with Gasteiger partial charge in [0.25, 0.3) is 0 Å². The third-order valence-electron chi connectivity index (χ3n) is 4.53. The Morgan fingerprint density at radius 3 is 2.72 bits per heavy atom. The number of aliphatic hydroxyl groups excluding tert-OH is 1. The maximum absolute atomic E-state index is 12.3. The first-order chi connectivity index (χ1) is 11.2. The number of morpholine rings is 1. The van der Waals surface area contributed by atoms with Gasteiger partial charge in [-0.05, 0) is 5.56 Å². The number of aliphatic hydroxyl groups is 1. The molecule has 0 radical (unpaired) electrons. The van der Waals surface area contributed by atoms with Gasteiger partial charge in [0, 0.05) is 45.2 Å². The van der Waals surface area contributed by atoms with E-state index in [1.165, 1.54) is 5.56 Å². The molecular formula is C17H27Cl2N3O3. The zero-order chi connectivity index (χ0) is 16.1. The van der Waals surface area contributed by atoms with Crippen molar-refractivity contribution < 1.29 is 14.6 Å². The average Bonchev–Trinajstić information content (AvgIpc) is 2.99. The van der Waals surface area contributed by atoms with E-state index in [9.17, 15) is 9.90 Å². The van der Waals surface area contributed by atoms with Gasteiger partial charge >= 0.3 is 0 Å². The van der Waals surface area contributed by atoms with E-state index in [1.807, 2.05) is 18.2 Å². The summed E-state index contributed by atoms with van der Waals surface area (Å²) in [6.07, 6.45) is -0.809. The first kappa shape index (κ1) is 22.2. The molecule has 0 bridgehead atoms. The standard InChI is InChI=1S/C17H25N3O3.2ClH/c21-15-10-18-8-14(15)9-19-17(22)16-12-20(6-7-23-16)11-13-4-2-1-3-5-13;;/h1-5,14-16,18,21H,6-12H2,(H,19,22);2*1H. The van der Waals surface area contributed by atoms with Crippen LogP contribution in [0.25, 0.3) is 0 Å². The van der Waals surface area contributed by atoms with Crippen LogP contribution in [0.15, 0.2) is 30.3 Å². The first-order valence-electron chi connectivity index (χ1n) is 8.27. The van der Waals surface area contributed by atoms with E-state index < -0.39 is 6.10 Å². The number of nitrogens with one attached hydrogen (secondary N) is 2. The minimum Gasteiger partial charge on any atom is -0.391 e. The molecule has 1 aromatic carbocycles. The Morgan fingerprint density at radius 2 is 2.04 bits per heavy atom. The molecule has 0 aliphatic carbocycles. The van der Waals surface area contributed by atoms with E-state index in [-0.39, 0.29) is 42.7 Å². The Labute approximate surface area is 161 Å². The molecule has 0 saturated carbocycles. The lowest BCUT2D eigenvalue weighted by molar-refractivity contribution is -0.139. The van der Waals surface area contributed by atoms with Gasteiger partial charge in [-0.1, -0.05) is 30.3 Å². The maximum Gasteiger partial charge on any atom is 0.250 e. The Bertz CT molecular complexity index is 521. The normalized spacial score (nSPS) is 26.4. The highest BCUT2D eigenvalue weighted by atomic mass is 35.5. The molecule has 25 heavy (non-hydrogen) atoms. The molecule has 1 amide bonds. The monoisotopic (exact) mass is 391 g/mol. The second-order valence-electron chi connectivity index (χ2n) is 6.31. The summed E-state index contributed by atoms with van der Waals surface area (Å²) in [4.78, 5) is 14.5. The minimum absolute atomic E-state index is 0. The van der Waals surface area contributed by atoms with Crippen molar-refractivity contribution in [1.82, 2.24) is 15.5 Å². The van der Waals surface area contributed by atoms with Crippen molar-refractivity contribution in [2.45, 2.75) is 18.8 Å². The smallest absolute Gasteiger partial charge is 0.250 e. The quantitative estimate of drug-likeness (QED) is 0.678. The summed E-state index contributed by atoms with van der Waals surface area (Å²) in [6, 6.07) is 10.3. The second kappa shape index (κ2) is 11.0. The number of hydrogen-bond donors (Lipinski definition) is 3. The van der Waals surface area contributed by atoms with E-state index >= 15 is 0 Å². The predicted molar refractivity (Wildman–Crippen MR) is 101 cm³/mol. The molecule has 2 fully saturated rings. The van der Waals surface area contributed by atoms with Gasteiger partial charge < -0.3 is 20.5 Å². The number of ether oxygens (including phenoxy) is 1. The van der Waals surface area contributed by atoms with Crippen LogP contribution in [0, 0.1) is 5.92 Å². The Kier molecular flexibility index (Phi) is 9.71. The molecule has 1 aromatic rings. The summed E-state index contributed by atoms with van der Waals surface area (Å²) >= 11 is 0.